The van der Waals surface area contributed by atoms with Gasteiger partial charge in [0, 0.05) is 17.3 Å². The summed E-state index contributed by atoms with van der Waals surface area (Å²) in [5, 5.41) is 16.5. The van der Waals surface area contributed by atoms with Gasteiger partial charge in [-0.2, -0.15) is 15.1 Å². The van der Waals surface area contributed by atoms with E-state index in [-0.39, 0.29) is 17.3 Å². The van der Waals surface area contributed by atoms with Gasteiger partial charge in [0.25, 0.3) is 5.91 Å². The van der Waals surface area contributed by atoms with Crippen molar-refractivity contribution in [1.82, 2.24) is 9.58 Å². The molecule has 1 aromatic carbocycles. The van der Waals surface area contributed by atoms with Gasteiger partial charge in [-0.05, 0) is 81.1 Å². The van der Waals surface area contributed by atoms with E-state index in [1.54, 1.807) is 11.1 Å². The molecule has 1 fully saturated rings. The van der Waals surface area contributed by atoms with Crippen molar-refractivity contribution >= 4 is 39.8 Å². The topological polar surface area (TPSA) is 73.8 Å². The van der Waals surface area contributed by atoms with Crippen LogP contribution in [0, 0.1) is 39.0 Å². The minimum absolute atomic E-state index is 0.111. The van der Waals surface area contributed by atoms with E-state index in [1.165, 1.54) is 47.8 Å². The molecule has 170 valence electrons. The number of carbonyl (C=O) groups is 1. The van der Waals surface area contributed by atoms with Gasteiger partial charge in [-0.15, -0.1) is 0 Å². The van der Waals surface area contributed by atoms with Crippen LogP contribution in [0.2, 0.25) is 0 Å². The van der Waals surface area contributed by atoms with Crippen molar-refractivity contribution < 1.29 is 4.79 Å². The second-order valence-corrected chi connectivity index (χ2v) is 10.2. The summed E-state index contributed by atoms with van der Waals surface area (Å²) >= 11 is 1.46. The fourth-order valence-electron chi connectivity index (χ4n) is 5.11. The Morgan fingerprint density at radius 2 is 1.79 bits per heavy atom. The number of aryl methyl sites for hydroxylation is 3. The summed E-state index contributed by atoms with van der Waals surface area (Å²) in [5.74, 6) is 0.166. The van der Waals surface area contributed by atoms with Crippen molar-refractivity contribution in [2.45, 2.75) is 59.8 Å². The van der Waals surface area contributed by atoms with Gasteiger partial charge in [-0.1, -0.05) is 37.5 Å². The lowest BCUT2D eigenvalue weighted by atomic mass is 9.90. The number of rotatable bonds is 3. The number of amidine groups is 2. The molecule has 0 spiro atoms. The maximum Gasteiger partial charge on any atom is 0.283 e. The molecule has 1 aromatic heterocycles. The Morgan fingerprint density at radius 1 is 1.09 bits per heavy atom. The highest BCUT2D eigenvalue weighted by atomic mass is 32.2. The standard InChI is InChI=1S/C26H29N5OS/c1-15-9-8-10-16(2)22(15)30-17(3)13-20(18(30)4)14-21-23(27)31-26(28-24(21)32)33-25(29-31)19-11-6-5-7-12-19/h8-10,13-14,19,27H,5-7,11-12H2,1-4H3/b21-14-,27-23?. The molecule has 1 saturated carbocycles. The Kier molecular flexibility index (Phi) is 5.60. The first kappa shape index (κ1) is 21.9. The Hall–Kier alpha value is -2.93. The lowest BCUT2D eigenvalue weighted by molar-refractivity contribution is -0.114. The molecule has 33 heavy (non-hydrogen) atoms. The number of benzene rings is 1. The van der Waals surface area contributed by atoms with Gasteiger partial charge in [0.15, 0.2) is 5.84 Å². The van der Waals surface area contributed by atoms with E-state index in [1.807, 2.05) is 0 Å². The zero-order chi connectivity index (χ0) is 23.3. The number of fused-ring (bicyclic) bond motifs is 1. The number of hydrogen-bond acceptors (Lipinski definition) is 4. The fourth-order valence-corrected chi connectivity index (χ4v) is 6.17. The van der Waals surface area contributed by atoms with Gasteiger partial charge in [-0.25, -0.2) is 0 Å². The Balaban J connectivity index is 1.50. The molecular weight excluding hydrogens is 430 g/mol. The van der Waals surface area contributed by atoms with E-state index in [0.29, 0.717) is 11.1 Å². The third-order valence-electron chi connectivity index (χ3n) is 6.86. The van der Waals surface area contributed by atoms with Crippen LogP contribution in [0.3, 0.4) is 0 Å². The monoisotopic (exact) mass is 459 g/mol. The number of hydrogen-bond donors (Lipinski definition) is 1. The molecule has 1 amide bonds. The van der Waals surface area contributed by atoms with E-state index >= 15 is 0 Å². The zero-order valence-corrected chi connectivity index (χ0v) is 20.4. The molecule has 0 unspecified atom stereocenters. The Labute approximate surface area is 199 Å². The summed E-state index contributed by atoms with van der Waals surface area (Å²) in [6.07, 6.45) is 7.77. The summed E-state index contributed by atoms with van der Waals surface area (Å²) < 4.78 is 2.23. The zero-order valence-electron chi connectivity index (χ0n) is 19.6. The molecule has 1 N–H and O–H groups in total. The number of aromatic nitrogens is 1. The molecule has 3 aliphatic rings. The van der Waals surface area contributed by atoms with Crippen molar-refractivity contribution in [2.24, 2.45) is 16.0 Å². The highest BCUT2D eigenvalue weighted by Crippen LogP contribution is 2.36. The third kappa shape index (κ3) is 3.78. The summed E-state index contributed by atoms with van der Waals surface area (Å²) in [6, 6.07) is 8.37. The van der Waals surface area contributed by atoms with Crippen molar-refractivity contribution in [2.75, 3.05) is 0 Å². The smallest absolute Gasteiger partial charge is 0.283 e. The second kappa shape index (κ2) is 8.45. The van der Waals surface area contributed by atoms with Gasteiger partial charge >= 0.3 is 0 Å². The molecule has 7 heteroatoms. The summed E-state index contributed by atoms with van der Waals surface area (Å²) in [6.45, 7) is 8.36. The normalized spacial score (nSPS) is 20.4. The molecule has 1 aliphatic carbocycles. The predicted molar refractivity (Wildman–Crippen MR) is 136 cm³/mol. The van der Waals surface area contributed by atoms with Crippen LogP contribution in [0.15, 0.2) is 39.9 Å². The first-order chi connectivity index (χ1) is 15.8. The third-order valence-corrected chi connectivity index (χ3v) is 7.93. The van der Waals surface area contributed by atoms with Crippen molar-refractivity contribution in [3.05, 3.63) is 57.9 Å². The van der Waals surface area contributed by atoms with Crippen molar-refractivity contribution in [1.29, 1.82) is 5.41 Å². The van der Waals surface area contributed by atoms with Crippen LogP contribution in [-0.4, -0.2) is 31.5 Å². The maximum atomic E-state index is 12.9. The van der Waals surface area contributed by atoms with E-state index < -0.39 is 0 Å². The van der Waals surface area contributed by atoms with Crippen LogP contribution < -0.4 is 0 Å². The van der Waals surface area contributed by atoms with Crippen LogP contribution in [0.5, 0.6) is 0 Å². The number of para-hydroxylation sites is 1. The van der Waals surface area contributed by atoms with Gasteiger partial charge in [0.05, 0.1) is 11.3 Å². The lowest BCUT2D eigenvalue weighted by Crippen LogP contribution is -2.35. The molecule has 5 rings (SSSR count). The van der Waals surface area contributed by atoms with E-state index in [9.17, 15) is 4.79 Å². The van der Waals surface area contributed by atoms with Crippen LogP contribution in [-0.2, 0) is 4.79 Å². The average molecular weight is 460 g/mol. The number of nitrogens with zero attached hydrogens (tertiary/aromatic N) is 4. The largest absolute Gasteiger partial charge is 0.317 e. The fraction of sp³-hybridized carbons (Fsp3) is 0.385. The number of hydrazone groups is 1. The summed E-state index contributed by atoms with van der Waals surface area (Å²) in [7, 11) is 0. The summed E-state index contributed by atoms with van der Waals surface area (Å²) in [4.78, 5) is 17.2. The van der Waals surface area contributed by atoms with E-state index in [2.05, 4.69) is 61.5 Å². The van der Waals surface area contributed by atoms with Gasteiger partial charge < -0.3 is 4.57 Å². The van der Waals surface area contributed by atoms with E-state index in [4.69, 9.17) is 10.5 Å². The summed E-state index contributed by atoms with van der Waals surface area (Å²) in [5.41, 5.74) is 6.90. The second-order valence-electron chi connectivity index (χ2n) is 9.20. The highest BCUT2D eigenvalue weighted by Gasteiger charge is 2.38. The molecule has 2 aliphatic heterocycles. The van der Waals surface area contributed by atoms with Gasteiger partial charge in [0.1, 0.15) is 5.04 Å². The number of amides is 1. The maximum absolute atomic E-state index is 12.9. The minimum atomic E-state index is -0.365. The molecule has 6 nitrogen and oxygen atoms in total. The molecule has 0 saturated heterocycles. The van der Waals surface area contributed by atoms with E-state index in [0.717, 1.165) is 34.8 Å². The van der Waals surface area contributed by atoms with Crippen molar-refractivity contribution in [3.63, 3.8) is 0 Å². The Morgan fingerprint density at radius 3 is 2.48 bits per heavy atom. The highest BCUT2D eigenvalue weighted by molar-refractivity contribution is 8.27. The number of thioether (sulfide) groups is 1. The van der Waals surface area contributed by atoms with Crippen LogP contribution in [0.4, 0.5) is 0 Å². The SMILES string of the molecule is Cc1cccc(C)c1-n1c(C)cc(/C=C2/C(=N)N3N=C(C4CCCCC4)SC3=NC2=O)c1C. The van der Waals surface area contributed by atoms with Gasteiger partial charge in [0.2, 0.25) is 5.17 Å². The van der Waals surface area contributed by atoms with Crippen LogP contribution in [0.1, 0.15) is 60.2 Å². The predicted octanol–water partition coefficient (Wildman–Crippen LogP) is 5.91. The molecule has 0 bridgehead atoms. The molecule has 3 heterocycles. The van der Waals surface area contributed by atoms with Crippen molar-refractivity contribution in [3.8, 4) is 5.69 Å². The molecule has 0 atom stereocenters. The molecular formula is C26H29N5OS. The lowest BCUT2D eigenvalue weighted by Gasteiger charge is -2.20. The quantitative estimate of drug-likeness (QED) is 0.580. The number of nitrogens with one attached hydrogen (secondary N) is 1. The number of carbonyl (C=O) groups excluding carboxylic acids is 1. The molecule has 0 radical (unpaired) electrons. The van der Waals surface area contributed by atoms with Crippen LogP contribution >= 0.6 is 11.8 Å². The first-order valence-electron chi connectivity index (χ1n) is 11.6. The Bertz CT molecular complexity index is 1240. The minimum Gasteiger partial charge on any atom is -0.317 e. The average Bonchev–Trinajstić information content (AvgIpc) is 3.33. The first-order valence-corrected chi connectivity index (χ1v) is 12.4. The molecule has 2 aromatic rings. The van der Waals surface area contributed by atoms with Crippen LogP contribution in [0.25, 0.3) is 11.8 Å². The number of aliphatic imine (C=N–C) groups is 1. The van der Waals surface area contributed by atoms with Gasteiger partial charge in [-0.3, -0.25) is 10.2 Å².